The first kappa shape index (κ1) is 8.06. The normalized spacial score (nSPS) is 23.4. The van der Waals surface area contributed by atoms with Gasteiger partial charge in [-0.1, -0.05) is 19.8 Å². The molecule has 0 aromatic carbocycles. The van der Waals surface area contributed by atoms with Crippen molar-refractivity contribution >= 4 is 0 Å². The smallest absolute Gasteiger partial charge is 0.00668 e. The number of hydrogen-bond donors (Lipinski definition) is 1. The van der Waals surface area contributed by atoms with Crippen LogP contribution >= 0.6 is 0 Å². The SMILES string of the molecule is CCN[C@@H](C)C1CCCC1. The molecule has 1 atom stereocenters. The molecule has 0 bridgehead atoms. The van der Waals surface area contributed by atoms with E-state index in [4.69, 9.17) is 0 Å². The maximum absolute atomic E-state index is 3.49. The van der Waals surface area contributed by atoms with Crippen LogP contribution in [0.15, 0.2) is 0 Å². The van der Waals surface area contributed by atoms with Crippen molar-refractivity contribution in [2.24, 2.45) is 5.92 Å². The van der Waals surface area contributed by atoms with Gasteiger partial charge in [0.1, 0.15) is 0 Å². The number of hydrogen-bond acceptors (Lipinski definition) is 1. The van der Waals surface area contributed by atoms with Crippen molar-refractivity contribution in [3.8, 4) is 0 Å². The average Bonchev–Trinajstić information content (AvgIpc) is 2.38. The predicted molar refractivity (Wildman–Crippen MR) is 45.1 cm³/mol. The number of rotatable bonds is 3. The summed E-state index contributed by atoms with van der Waals surface area (Å²) in [6.45, 7) is 5.63. The summed E-state index contributed by atoms with van der Waals surface area (Å²) in [6, 6.07) is 0.757. The highest BCUT2D eigenvalue weighted by Crippen LogP contribution is 2.27. The van der Waals surface area contributed by atoms with Crippen molar-refractivity contribution < 1.29 is 0 Å². The lowest BCUT2D eigenvalue weighted by Crippen LogP contribution is -2.31. The fourth-order valence-electron chi connectivity index (χ4n) is 1.95. The minimum atomic E-state index is 0.757. The van der Waals surface area contributed by atoms with E-state index in [9.17, 15) is 0 Å². The fraction of sp³-hybridized carbons (Fsp3) is 1.00. The molecule has 0 heterocycles. The minimum Gasteiger partial charge on any atom is -0.314 e. The molecule has 1 saturated carbocycles. The van der Waals surface area contributed by atoms with Gasteiger partial charge in [0.05, 0.1) is 0 Å². The van der Waals surface area contributed by atoms with Crippen LogP contribution < -0.4 is 5.32 Å². The van der Waals surface area contributed by atoms with Gasteiger partial charge < -0.3 is 5.32 Å². The van der Waals surface area contributed by atoms with E-state index in [2.05, 4.69) is 19.2 Å². The molecule has 0 amide bonds. The summed E-state index contributed by atoms with van der Waals surface area (Å²) in [5.74, 6) is 0.972. The molecule has 0 saturated heterocycles. The molecule has 1 rings (SSSR count). The summed E-state index contributed by atoms with van der Waals surface area (Å²) in [4.78, 5) is 0. The van der Waals surface area contributed by atoms with Crippen molar-refractivity contribution in [2.45, 2.75) is 45.6 Å². The van der Waals surface area contributed by atoms with Crippen LogP contribution in [0.2, 0.25) is 0 Å². The van der Waals surface area contributed by atoms with Gasteiger partial charge in [0, 0.05) is 6.04 Å². The molecule has 10 heavy (non-hydrogen) atoms. The van der Waals surface area contributed by atoms with Crippen LogP contribution in [0.1, 0.15) is 39.5 Å². The second kappa shape index (κ2) is 3.97. The van der Waals surface area contributed by atoms with E-state index in [-0.39, 0.29) is 0 Å². The summed E-state index contributed by atoms with van der Waals surface area (Å²) >= 11 is 0. The third-order valence-electron chi connectivity index (χ3n) is 2.63. The highest BCUT2D eigenvalue weighted by atomic mass is 14.9. The zero-order valence-corrected chi connectivity index (χ0v) is 7.19. The van der Waals surface area contributed by atoms with Crippen LogP contribution in [0.4, 0.5) is 0 Å². The van der Waals surface area contributed by atoms with Crippen molar-refractivity contribution in [1.82, 2.24) is 5.32 Å². The van der Waals surface area contributed by atoms with Gasteiger partial charge in [0.2, 0.25) is 0 Å². The van der Waals surface area contributed by atoms with Crippen molar-refractivity contribution in [3.63, 3.8) is 0 Å². The molecule has 1 aliphatic rings. The Balaban J connectivity index is 2.18. The van der Waals surface area contributed by atoms with Gasteiger partial charge >= 0.3 is 0 Å². The highest BCUT2D eigenvalue weighted by molar-refractivity contribution is 4.76. The zero-order chi connectivity index (χ0) is 7.40. The largest absolute Gasteiger partial charge is 0.314 e. The Labute approximate surface area is 64.2 Å². The molecule has 0 aliphatic heterocycles. The zero-order valence-electron chi connectivity index (χ0n) is 7.19. The van der Waals surface area contributed by atoms with Crippen LogP contribution in [-0.2, 0) is 0 Å². The Morgan fingerprint density at radius 1 is 1.40 bits per heavy atom. The summed E-state index contributed by atoms with van der Waals surface area (Å²) in [6.07, 6.45) is 5.82. The molecule has 0 radical (unpaired) electrons. The quantitative estimate of drug-likeness (QED) is 0.635. The second-order valence-corrected chi connectivity index (χ2v) is 3.39. The van der Waals surface area contributed by atoms with Gasteiger partial charge in [-0.25, -0.2) is 0 Å². The van der Waals surface area contributed by atoms with E-state index in [1.165, 1.54) is 25.7 Å². The van der Waals surface area contributed by atoms with Crippen LogP contribution in [0.5, 0.6) is 0 Å². The molecular formula is C9H19N. The molecule has 0 aromatic rings. The van der Waals surface area contributed by atoms with Gasteiger partial charge in [0.25, 0.3) is 0 Å². The van der Waals surface area contributed by atoms with Gasteiger partial charge in [-0.2, -0.15) is 0 Å². The molecule has 1 nitrogen and oxygen atoms in total. The first-order valence-corrected chi connectivity index (χ1v) is 4.58. The average molecular weight is 141 g/mol. The minimum absolute atomic E-state index is 0.757. The molecule has 1 aliphatic carbocycles. The van der Waals surface area contributed by atoms with Gasteiger partial charge in [-0.15, -0.1) is 0 Å². The van der Waals surface area contributed by atoms with E-state index in [0.717, 1.165) is 18.5 Å². The van der Waals surface area contributed by atoms with E-state index >= 15 is 0 Å². The predicted octanol–water partition coefficient (Wildman–Crippen LogP) is 2.17. The van der Waals surface area contributed by atoms with Gasteiger partial charge in [-0.05, 0) is 32.2 Å². The van der Waals surface area contributed by atoms with Crippen LogP contribution in [0.3, 0.4) is 0 Å². The standard InChI is InChI=1S/C9H19N/c1-3-10-8(2)9-6-4-5-7-9/h8-10H,3-7H2,1-2H3/t8-/m0/s1. The summed E-state index contributed by atoms with van der Waals surface area (Å²) in [5.41, 5.74) is 0. The van der Waals surface area contributed by atoms with Crippen LogP contribution in [0.25, 0.3) is 0 Å². The Hall–Kier alpha value is -0.0400. The van der Waals surface area contributed by atoms with Crippen molar-refractivity contribution in [2.75, 3.05) is 6.54 Å². The van der Waals surface area contributed by atoms with Crippen molar-refractivity contribution in [3.05, 3.63) is 0 Å². The van der Waals surface area contributed by atoms with E-state index in [0.29, 0.717) is 0 Å². The van der Waals surface area contributed by atoms with E-state index in [1.54, 1.807) is 0 Å². The fourth-order valence-corrected chi connectivity index (χ4v) is 1.95. The summed E-state index contributed by atoms with van der Waals surface area (Å²) in [5, 5.41) is 3.49. The Morgan fingerprint density at radius 3 is 2.50 bits per heavy atom. The lowest BCUT2D eigenvalue weighted by molar-refractivity contribution is 0.389. The van der Waals surface area contributed by atoms with Crippen LogP contribution in [-0.4, -0.2) is 12.6 Å². The lowest BCUT2D eigenvalue weighted by Gasteiger charge is -2.18. The summed E-state index contributed by atoms with van der Waals surface area (Å²) in [7, 11) is 0. The topological polar surface area (TPSA) is 12.0 Å². The molecule has 0 spiro atoms. The monoisotopic (exact) mass is 141 g/mol. The third kappa shape index (κ3) is 1.98. The highest BCUT2D eigenvalue weighted by Gasteiger charge is 2.19. The Kier molecular flexibility index (Phi) is 3.20. The maximum Gasteiger partial charge on any atom is 0.00668 e. The molecular weight excluding hydrogens is 122 g/mol. The maximum atomic E-state index is 3.49. The number of nitrogens with one attached hydrogen (secondary N) is 1. The van der Waals surface area contributed by atoms with Gasteiger partial charge in [-0.3, -0.25) is 0 Å². The first-order valence-electron chi connectivity index (χ1n) is 4.58. The lowest BCUT2D eigenvalue weighted by atomic mass is 10.00. The van der Waals surface area contributed by atoms with Crippen molar-refractivity contribution in [1.29, 1.82) is 0 Å². The second-order valence-electron chi connectivity index (χ2n) is 3.39. The molecule has 60 valence electrons. The van der Waals surface area contributed by atoms with E-state index in [1.807, 2.05) is 0 Å². The molecule has 0 aromatic heterocycles. The first-order chi connectivity index (χ1) is 4.84. The Bertz CT molecular complexity index is 84.7. The molecule has 1 fully saturated rings. The molecule has 0 unspecified atom stereocenters. The van der Waals surface area contributed by atoms with Gasteiger partial charge in [0.15, 0.2) is 0 Å². The van der Waals surface area contributed by atoms with Crippen LogP contribution in [0, 0.1) is 5.92 Å². The molecule has 1 N–H and O–H groups in total. The molecule has 1 heteroatoms. The third-order valence-corrected chi connectivity index (χ3v) is 2.63. The summed E-state index contributed by atoms with van der Waals surface area (Å²) < 4.78 is 0. The Morgan fingerprint density at radius 2 is 2.00 bits per heavy atom. The van der Waals surface area contributed by atoms with E-state index < -0.39 is 0 Å².